The molecule has 0 heterocycles. The number of nitrogens with zero attached hydrogens (tertiary/aromatic N) is 1. The van der Waals surface area contributed by atoms with E-state index in [1.807, 2.05) is 13.2 Å². The van der Waals surface area contributed by atoms with Crippen molar-refractivity contribution in [2.75, 3.05) is 19.1 Å². The van der Waals surface area contributed by atoms with Crippen molar-refractivity contribution in [2.24, 2.45) is 0 Å². The van der Waals surface area contributed by atoms with Crippen molar-refractivity contribution in [1.29, 1.82) is 0 Å². The van der Waals surface area contributed by atoms with E-state index >= 15 is 0 Å². The summed E-state index contributed by atoms with van der Waals surface area (Å²) in [4.78, 5) is 24.3. The van der Waals surface area contributed by atoms with Gasteiger partial charge in [-0.1, -0.05) is 0 Å². The molecule has 0 aromatic rings. The second-order valence-corrected chi connectivity index (χ2v) is 6.11. The molecule has 106 valence electrons. The van der Waals surface area contributed by atoms with Gasteiger partial charge in [-0.2, -0.15) is 11.8 Å². The van der Waals surface area contributed by atoms with E-state index in [9.17, 15) is 9.59 Å². The molecule has 0 aliphatic rings. The number of nitrogens with one attached hydrogen (secondary N) is 1. The van der Waals surface area contributed by atoms with Crippen LogP contribution in [0.4, 0.5) is 4.79 Å². The standard InChI is InChI=1S/C12H24N2O3S/c1-9(6-7-18-5)14(4)11(17)13-12(2,3)8-10(15)16/h9H,6-8H2,1-5H3,(H,13,17)(H,15,16). The number of carbonyl (C=O) groups excluding carboxylic acids is 1. The summed E-state index contributed by atoms with van der Waals surface area (Å²) in [6.07, 6.45) is 2.86. The molecule has 0 aliphatic heterocycles. The number of aliphatic carboxylic acids is 1. The van der Waals surface area contributed by atoms with Gasteiger partial charge in [0.15, 0.2) is 0 Å². The molecule has 0 aromatic heterocycles. The molecule has 6 heteroatoms. The highest BCUT2D eigenvalue weighted by Crippen LogP contribution is 2.11. The molecule has 0 aromatic carbocycles. The van der Waals surface area contributed by atoms with Crippen LogP contribution in [0.3, 0.4) is 0 Å². The average Bonchev–Trinajstić information content (AvgIpc) is 2.21. The molecule has 0 fully saturated rings. The Labute approximate surface area is 113 Å². The van der Waals surface area contributed by atoms with Crippen LogP contribution in [-0.2, 0) is 4.79 Å². The van der Waals surface area contributed by atoms with Gasteiger partial charge in [0.1, 0.15) is 0 Å². The Bertz CT molecular complexity index is 295. The molecular formula is C12H24N2O3S. The number of amides is 2. The van der Waals surface area contributed by atoms with Crippen LogP contribution in [0.2, 0.25) is 0 Å². The molecule has 1 atom stereocenters. The summed E-state index contributed by atoms with van der Waals surface area (Å²) >= 11 is 1.74. The Morgan fingerprint density at radius 3 is 2.44 bits per heavy atom. The lowest BCUT2D eigenvalue weighted by Crippen LogP contribution is -2.52. The molecule has 0 radical (unpaired) electrons. The maximum atomic E-state index is 12.0. The molecule has 5 nitrogen and oxygen atoms in total. The van der Waals surface area contributed by atoms with Gasteiger partial charge < -0.3 is 15.3 Å². The topological polar surface area (TPSA) is 69.6 Å². The van der Waals surface area contributed by atoms with Crippen LogP contribution in [0.25, 0.3) is 0 Å². The zero-order valence-corrected chi connectivity index (χ0v) is 12.6. The van der Waals surface area contributed by atoms with E-state index in [2.05, 4.69) is 5.32 Å². The first-order valence-corrected chi connectivity index (χ1v) is 7.34. The Morgan fingerprint density at radius 1 is 1.44 bits per heavy atom. The quantitative estimate of drug-likeness (QED) is 0.746. The zero-order valence-electron chi connectivity index (χ0n) is 11.8. The van der Waals surface area contributed by atoms with Crippen LogP contribution < -0.4 is 5.32 Å². The van der Waals surface area contributed by atoms with Gasteiger partial charge >= 0.3 is 12.0 Å². The number of carbonyl (C=O) groups is 2. The number of hydrogen-bond donors (Lipinski definition) is 2. The first-order valence-electron chi connectivity index (χ1n) is 5.95. The van der Waals surface area contributed by atoms with Crippen LogP contribution in [-0.4, -0.2) is 52.6 Å². The van der Waals surface area contributed by atoms with E-state index in [4.69, 9.17) is 5.11 Å². The van der Waals surface area contributed by atoms with E-state index < -0.39 is 11.5 Å². The molecule has 0 saturated heterocycles. The predicted octanol–water partition coefficient (Wildman–Crippen LogP) is 2.02. The van der Waals surface area contributed by atoms with Crippen LogP contribution in [0.5, 0.6) is 0 Å². The van der Waals surface area contributed by atoms with Crippen LogP contribution in [0.15, 0.2) is 0 Å². The number of urea groups is 1. The van der Waals surface area contributed by atoms with Crippen LogP contribution in [0, 0.1) is 0 Å². The minimum Gasteiger partial charge on any atom is -0.481 e. The molecule has 0 spiro atoms. The fraction of sp³-hybridized carbons (Fsp3) is 0.833. The maximum absolute atomic E-state index is 12.0. The molecule has 0 saturated carbocycles. The molecule has 1 unspecified atom stereocenters. The lowest BCUT2D eigenvalue weighted by Gasteiger charge is -2.31. The Hall–Kier alpha value is -0.910. The molecule has 2 amide bonds. The van der Waals surface area contributed by atoms with Gasteiger partial charge in [-0.15, -0.1) is 0 Å². The maximum Gasteiger partial charge on any atom is 0.317 e. The molecule has 2 N–H and O–H groups in total. The third-order valence-electron chi connectivity index (χ3n) is 2.76. The SMILES string of the molecule is CSCCC(C)N(C)C(=O)NC(C)(C)CC(=O)O. The third-order valence-corrected chi connectivity index (χ3v) is 3.40. The average molecular weight is 276 g/mol. The summed E-state index contributed by atoms with van der Waals surface area (Å²) in [7, 11) is 1.73. The largest absolute Gasteiger partial charge is 0.481 e. The molecule has 0 bridgehead atoms. The molecule has 18 heavy (non-hydrogen) atoms. The number of carboxylic acid groups (broad SMARTS) is 1. The van der Waals surface area contributed by atoms with Gasteiger partial charge in [-0.3, -0.25) is 4.79 Å². The predicted molar refractivity (Wildman–Crippen MR) is 75.1 cm³/mol. The minimum atomic E-state index is -0.918. The van der Waals surface area contributed by atoms with Crippen molar-refractivity contribution in [1.82, 2.24) is 10.2 Å². The van der Waals surface area contributed by atoms with E-state index in [1.54, 1.807) is 37.6 Å². The molecule has 0 rings (SSSR count). The lowest BCUT2D eigenvalue weighted by molar-refractivity contribution is -0.138. The van der Waals surface area contributed by atoms with Crippen molar-refractivity contribution < 1.29 is 14.7 Å². The van der Waals surface area contributed by atoms with Crippen molar-refractivity contribution in [3.63, 3.8) is 0 Å². The second kappa shape index (κ2) is 7.51. The van der Waals surface area contributed by atoms with Gasteiger partial charge in [0.2, 0.25) is 0 Å². The summed E-state index contributed by atoms with van der Waals surface area (Å²) in [5.74, 6) is 0.0792. The van der Waals surface area contributed by atoms with Crippen LogP contribution in [0.1, 0.15) is 33.6 Å². The van der Waals surface area contributed by atoms with Gasteiger partial charge in [0.25, 0.3) is 0 Å². The summed E-state index contributed by atoms with van der Waals surface area (Å²) < 4.78 is 0. The fourth-order valence-corrected chi connectivity index (χ4v) is 2.06. The van der Waals surface area contributed by atoms with E-state index in [0.29, 0.717) is 0 Å². The second-order valence-electron chi connectivity index (χ2n) is 5.13. The minimum absolute atomic E-state index is 0.0915. The van der Waals surface area contributed by atoms with Crippen molar-refractivity contribution in [2.45, 2.75) is 45.2 Å². The molecular weight excluding hydrogens is 252 g/mol. The zero-order chi connectivity index (χ0) is 14.3. The normalized spacial score (nSPS) is 12.9. The Morgan fingerprint density at radius 2 is 2.00 bits per heavy atom. The van der Waals surface area contributed by atoms with Gasteiger partial charge in [0.05, 0.1) is 6.42 Å². The van der Waals surface area contributed by atoms with E-state index in [-0.39, 0.29) is 18.5 Å². The number of thioether (sulfide) groups is 1. The van der Waals surface area contributed by atoms with E-state index in [0.717, 1.165) is 12.2 Å². The summed E-state index contributed by atoms with van der Waals surface area (Å²) in [5.41, 5.74) is -0.740. The van der Waals surface area contributed by atoms with Crippen molar-refractivity contribution in [3.05, 3.63) is 0 Å². The molecule has 0 aliphatic carbocycles. The monoisotopic (exact) mass is 276 g/mol. The van der Waals surface area contributed by atoms with Gasteiger partial charge in [-0.25, -0.2) is 4.79 Å². The smallest absolute Gasteiger partial charge is 0.317 e. The van der Waals surface area contributed by atoms with E-state index in [1.165, 1.54) is 0 Å². The van der Waals surface area contributed by atoms with Crippen molar-refractivity contribution >= 4 is 23.8 Å². The number of carboxylic acids is 1. The first kappa shape index (κ1) is 17.1. The van der Waals surface area contributed by atoms with Crippen molar-refractivity contribution in [3.8, 4) is 0 Å². The van der Waals surface area contributed by atoms with Gasteiger partial charge in [0, 0.05) is 18.6 Å². The number of hydrogen-bond acceptors (Lipinski definition) is 3. The van der Waals surface area contributed by atoms with Gasteiger partial charge in [-0.05, 0) is 39.2 Å². The summed E-state index contributed by atoms with van der Waals surface area (Å²) in [6, 6.07) is -0.0899. The summed E-state index contributed by atoms with van der Waals surface area (Å²) in [5, 5.41) is 11.5. The summed E-state index contributed by atoms with van der Waals surface area (Å²) in [6.45, 7) is 5.40. The Kier molecular flexibility index (Phi) is 7.13. The third kappa shape index (κ3) is 6.74. The van der Waals surface area contributed by atoms with Crippen LogP contribution >= 0.6 is 11.8 Å². The highest BCUT2D eigenvalue weighted by Gasteiger charge is 2.26. The Balaban J connectivity index is 4.34. The fourth-order valence-electron chi connectivity index (χ4n) is 1.48. The highest BCUT2D eigenvalue weighted by atomic mass is 32.2. The highest BCUT2D eigenvalue weighted by molar-refractivity contribution is 7.98. The first-order chi connectivity index (χ1) is 8.19. The lowest BCUT2D eigenvalue weighted by atomic mass is 10.0. The number of rotatable bonds is 7.